The molecule has 1 unspecified atom stereocenters. The minimum atomic E-state index is -0.189. The van der Waals surface area contributed by atoms with Crippen LogP contribution in [0.2, 0.25) is 0 Å². The predicted molar refractivity (Wildman–Crippen MR) is 62.9 cm³/mol. The number of allylic oxidation sites excluding steroid dienone is 1. The van der Waals surface area contributed by atoms with Crippen molar-refractivity contribution in [3.8, 4) is 5.75 Å². The Bertz CT molecular complexity index is 327. The summed E-state index contributed by atoms with van der Waals surface area (Å²) in [4.78, 5) is 0. The zero-order chi connectivity index (χ0) is 11.3. The van der Waals surface area contributed by atoms with Crippen molar-refractivity contribution in [1.82, 2.24) is 0 Å². The number of hydrogen-bond donors (Lipinski definition) is 0. The van der Waals surface area contributed by atoms with Crippen LogP contribution in [0.3, 0.4) is 0 Å². The lowest BCUT2D eigenvalue weighted by Gasteiger charge is -2.18. The van der Waals surface area contributed by atoms with E-state index in [0.717, 1.165) is 23.3 Å². The maximum absolute atomic E-state index is 5.72. The van der Waals surface area contributed by atoms with Crippen molar-refractivity contribution in [2.45, 2.75) is 26.6 Å². The largest absolute Gasteiger partial charge is 0.464 e. The van der Waals surface area contributed by atoms with Crippen molar-refractivity contribution in [3.05, 3.63) is 36.4 Å². The highest BCUT2D eigenvalue weighted by Crippen LogP contribution is 2.25. The molecule has 0 aliphatic carbocycles. The molecule has 0 saturated heterocycles. The molecule has 2 heteroatoms. The standard InChI is InChI=1S/C13H18O2/c1-5-13(14-4)15-12-9-7-6-8-11(12)10(2)3/h6-9,13H,2,5H2,1,3-4H3. The topological polar surface area (TPSA) is 18.5 Å². The predicted octanol–water partition coefficient (Wildman–Crippen LogP) is 3.48. The second-order valence-corrected chi connectivity index (χ2v) is 3.47. The number of methoxy groups -OCH3 is 1. The van der Waals surface area contributed by atoms with E-state index in [0.29, 0.717) is 0 Å². The van der Waals surface area contributed by atoms with E-state index < -0.39 is 0 Å². The number of para-hydroxylation sites is 1. The van der Waals surface area contributed by atoms with Crippen LogP contribution in [0.15, 0.2) is 30.8 Å². The molecule has 0 heterocycles. The number of rotatable bonds is 5. The molecule has 0 fully saturated rings. The molecule has 0 aliphatic rings. The van der Waals surface area contributed by atoms with E-state index in [4.69, 9.17) is 9.47 Å². The summed E-state index contributed by atoms with van der Waals surface area (Å²) in [5, 5.41) is 0. The van der Waals surface area contributed by atoms with Gasteiger partial charge in [0.15, 0.2) is 6.29 Å². The smallest absolute Gasteiger partial charge is 0.199 e. The van der Waals surface area contributed by atoms with Crippen LogP contribution in [-0.4, -0.2) is 13.4 Å². The summed E-state index contributed by atoms with van der Waals surface area (Å²) in [6.45, 7) is 7.92. The van der Waals surface area contributed by atoms with E-state index in [9.17, 15) is 0 Å². The Morgan fingerprint density at radius 1 is 1.40 bits per heavy atom. The second kappa shape index (κ2) is 5.56. The van der Waals surface area contributed by atoms with Gasteiger partial charge in [0.05, 0.1) is 0 Å². The summed E-state index contributed by atoms with van der Waals surface area (Å²) >= 11 is 0. The van der Waals surface area contributed by atoms with Gasteiger partial charge in [-0.2, -0.15) is 0 Å². The van der Waals surface area contributed by atoms with Crippen molar-refractivity contribution >= 4 is 5.57 Å². The first-order valence-corrected chi connectivity index (χ1v) is 5.13. The van der Waals surface area contributed by atoms with Crippen LogP contribution in [-0.2, 0) is 4.74 Å². The van der Waals surface area contributed by atoms with Crippen molar-refractivity contribution in [1.29, 1.82) is 0 Å². The molecule has 0 radical (unpaired) electrons. The SMILES string of the molecule is C=C(C)c1ccccc1OC(CC)OC. The van der Waals surface area contributed by atoms with Gasteiger partial charge < -0.3 is 9.47 Å². The molecule has 15 heavy (non-hydrogen) atoms. The summed E-state index contributed by atoms with van der Waals surface area (Å²) in [6.07, 6.45) is 0.631. The maximum Gasteiger partial charge on any atom is 0.199 e. The molecule has 1 aromatic rings. The van der Waals surface area contributed by atoms with E-state index in [1.807, 2.05) is 38.1 Å². The van der Waals surface area contributed by atoms with Gasteiger partial charge >= 0.3 is 0 Å². The lowest BCUT2D eigenvalue weighted by Crippen LogP contribution is -2.17. The van der Waals surface area contributed by atoms with Gasteiger partial charge in [-0.05, 0) is 18.6 Å². The third-order valence-corrected chi connectivity index (χ3v) is 2.20. The lowest BCUT2D eigenvalue weighted by molar-refractivity contribution is -0.0549. The van der Waals surface area contributed by atoms with Crippen molar-refractivity contribution in [3.63, 3.8) is 0 Å². The molecule has 0 amide bonds. The fourth-order valence-electron chi connectivity index (χ4n) is 1.36. The van der Waals surface area contributed by atoms with Crippen LogP contribution in [0, 0.1) is 0 Å². The van der Waals surface area contributed by atoms with Gasteiger partial charge in [0, 0.05) is 19.1 Å². The van der Waals surface area contributed by atoms with Gasteiger partial charge in [-0.3, -0.25) is 0 Å². The minimum absolute atomic E-state index is 0.189. The third kappa shape index (κ3) is 3.10. The maximum atomic E-state index is 5.72. The Labute approximate surface area is 91.5 Å². The van der Waals surface area contributed by atoms with E-state index in [1.165, 1.54) is 0 Å². The molecule has 0 N–H and O–H groups in total. The molecule has 82 valence electrons. The number of benzene rings is 1. The lowest BCUT2D eigenvalue weighted by atomic mass is 10.1. The van der Waals surface area contributed by atoms with Crippen molar-refractivity contribution < 1.29 is 9.47 Å². The molecule has 0 bridgehead atoms. The van der Waals surface area contributed by atoms with Crippen molar-refractivity contribution in [2.24, 2.45) is 0 Å². The highest BCUT2D eigenvalue weighted by atomic mass is 16.7. The summed E-state index contributed by atoms with van der Waals surface area (Å²) in [5.74, 6) is 0.832. The summed E-state index contributed by atoms with van der Waals surface area (Å²) in [6, 6.07) is 7.86. The van der Waals surface area contributed by atoms with E-state index in [2.05, 4.69) is 6.58 Å². The van der Waals surface area contributed by atoms with Crippen LogP contribution < -0.4 is 4.74 Å². The van der Waals surface area contributed by atoms with Gasteiger partial charge in [-0.1, -0.05) is 31.7 Å². The third-order valence-electron chi connectivity index (χ3n) is 2.20. The molecular weight excluding hydrogens is 188 g/mol. The molecule has 1 rings (SSSR count). The Kier molecular flexibility index (Phi) is 4.37. The first-order chi connectivity index (χ1) is 7.19. The van der Waals surface area contributed by atoms with E-state index in [-0.39, 0.29) is 6.29 Å². The molecule has 0 aliphatic heterocycles. The van der Waals surface area contributed by atoms with Gasteiger partial charge in [0.2, 0.25) is 0 Å². The molecule has 1 aromatic carbocycles. The minimum Gasteiger partial charge on any atom is -0.464 e. The van der Waals surface area contributed by atoms with Crippen molar-refractivity contribution in [2.75, 3.05) is 7.11 Å². The van der Waals surface area contributed by atoms with Crippen LogP contribution in [0.5, 0.6) is 5.75 Å². The molecule has 0 saturated carbocycles. The van der Waals surface area contributed by atoms with Gasteiger partial charge in [0.1, 0.15) is 5.75 Å². The van der Waals surface area contributed by atoms with Crippen LogP contribution >= 0.6 is 0 Å². The summed E-state index contributed by atoms with van der Waals surface area (Å²) in [5.41, 5.74) is 2.03. The molecule has 0 aromatic heterocycles. The summed E-state index contributed by atoms with van der Waals surface area (Å²) < 4.78 is 10.9. The van der Waals surface area contributed by atoms with Crippen LogP contribution in [0.25, 0.3) is 5.57 Å². The first kappa shape index (κ1) is 11.8. The monoisotopic (exact) mass is 206 g/mol. The van der Waals surface area contributed by atoms with Gasteiger partial charge in [-0.15, -0.1) is 0 Å². The highest BCUT2D eigenvalue weighted by Gasteiger charge is 2.09. The Morgan fingerprint density at radius 2 is 2.07 bits per heavy atom. The van der Waals surface area contributed by atoms with Crippen LogP contribution in [0.1, 0.15) is 25.8 Å². The zero-order valence-corrected chi connectivity index (χ0v) is 9.62. The average Bonchev–Trinajstić information content (AvgIpc) is 2.26. The van der Waals surface area contributed by atoms with Gasteiger partial charge in [-0.25, -0.2) is 0 Å². The molecule has 0 spiro atoms. The Morgan fingerprint density at radius 3 is 2.60 bits per heavy atom. The highest BCUT2D eigenvalue weighted by molar-refractivity contribution is 5.66. The Hall–Kier alpha value is -1.28. The first-order valence-electron chi connectivity index (χ1n) is 5.13. The second-order valence-electron chi connectivity index (χ2n) is 3.47. The fourth-order valence-corrected chi connectivity index (χ4v) is 1.36. The molecule has 1 atom stereocenters. The number of ether oxygens (including phenoxy) is 2. The van der Waals surface area contributed by atoms with E-state index in [1.54, 1.807) is 7.11 Å². The molecule has 2 nitrogen and oxygen atoms in total. The molecular formula is C13H18O2. The Balaban J connectivity index is 2.88. The fraction of sp³-hybridized carbons (Fsp3) is 0.385. The summed E-state index contributed by atoms with van der Waals surface area (Å²) in [7, 11) is 1.65. The number of hydrogen-bond acceptors (Lipinski definition) is 2. The van der Waals surface area contributed by atoms with Gasteiger partial charge in [0.25, 0.3) is 0 Å². The normalized spacial score (nSPS) is 12.2. The average molecular weight is 206 g/mol. The van der Waals surface area contributed by atoms with Crippen LogP contribution in [0.4, 0.5) is 0 Å². The zero-order valence-electron chi connectivity index (χ0n) is 9.62. The van der Waals surface area contributed by atoms with E-state index >= 15 is 0 Å². The quantitative estimate of drug-likeness (QED) is 0.687.